The molecule has 0 bridgehead atoms. The number of rotatable bonds is 2. The maximum absolute atomic E-state index is 13.1. The smallest absolute Gasteiger partial charge is 0.216 e. The van der Waals surface area contributed by atoms with Crippen LogP contribution in [0.15, 0.2) is 18.3 Å². The van der Waals surface area contributed by atoms with Gasteiger partial charge in [-0.2, -0.15) is 4.39 Å². The molecule has 0 radical (unpaired) electrons. The van der Waals surface area contributed by atoms with Crippen molar-refractivity contribution in [3.8, 4) is 0 Å². The van der Waals surface area contributed by atoms with Crippen molar-refractivity contribution in [2.45, 2.75) is 19.3 Å². The second-order valence-electron chi connectivity index (χ2n) is 3.43. The van der Waals surface area contributed by atoms with Gasteiger partial charge in [0.05, 0.1) is 0 Å². The highest BCUT2D eigenvalue weighted by molar-refractivity contribution is 5.21. The standard InChI is InChI=1S/C9H13FN2/c1-9(2,6-11)7-4-3-5-12-8(7)10/h3-5H,6,11H2,1-2H3. The highest BCUT2D eigenvalue weighted by atomic mass is 19.1. The molecule has 1 heterocycles. The van der Waals surface area contributed by atoms with Crippen LogP contribution in [0.3, 0.4) is 0 Å². The van der Waals surface area contributed by atoms with Crippen molar-refractivity contribution < 1.29 is 4.39 Å². The van der Waals surface area contributed by atoms with E-state index in [2.05, 4.69) is 4.98 Å². The molecule has 2 nitrogen and oxygen atoms in total. The van der Waals surface area contributed by atoms with Crippen LogP contribution in [-0.2, 0) is 5.41 Å². The first-order valence-corrected chi connectivity index (χ1v) is 3.89. The quantitative estimate of drug-likeness (QED) is 0.679. The van der Waals surface area contributed by atoms with Gasteiger partial charge in [0.2, 0.25) is 5.95 Å². The van der Waals surface area contributed by atoms with Crippen LogP contribution < -0.4 is 5.73 Å². The van der Waals surface area contributed by atoms with Gasteiger partial charge in [-0.25, -0.2) is 4.98 Å². The molecule has 2 N–H and O–H groups in total. The number of nitrogens with zero attached hydrogens (tertiary/aromatic N) is 1. The highest BCUT2D eigenvalue weighted by Crippen LogP contribution is 2.22. The van der Waals surface area contributed by atoms with E-state index in [0.717, 1.165) is 0 Å². The van der Waals surface area contributed by atoms with E-state index in [1.165, 1.54) is 6.20 Å². The van der Waals surface area contributed by atoms with E-state index in [1.807, 2.05) is 13.8 Å². The summed E-state index contributed by atoms with van der Waals surface area (Å²) in [6.07, 6.45) is 1.44. The summed E-state index contributed by atoms with van der Waals surface area (Å²) in [4.78, 5) is 3.57. The summed E-state index contributed by atoms with van der Waals surface area (Å²) in [5.74, 6) is -0.423. The number of pyridine rings is 1. The third-order valence-corrected chi connectivity index (χ3v) is 2.00. The molecule has 1 rings (SSSR count). The Morgan fingerprint density at radius 3 is 2.75 bits per heavy atom. The summed E-state index contributed by atoms with van der Waals surface area (Å²) < 4.78 is 13.1. The minimum absolute atomic E-state index is 0.335. The van der Waals surface area contributed by atoms with Gasteiger partial charge in [0.15, 0.2) is 0 Å². The summed E-state index contributed by atoms with van der Waals surface area (Å²) in [6.45, 7) is 4.20. The Bertz CT molecular complexity index is 271. The minimum Gasteiger partial charge on any atom is -0.330 e. The van der Waals surface area contributed by atoms with Gasteiger partial charge < -0.3 is 5.73 Å². The first-order chi connectivity index (χ1) is 5.58. The molecule has 0 aliphatic heterocycles. The van der Waals surface area contributed by atoms with Crippen LogP contribution in [0.5, 0.6) is 0 Å². The van der Waals surface area contributed by atoms with E-state index < -0.39 is 5.95 Å². The van der Waals surface area contributed by atoms with Crippen LogP contribution in [0.25, 0.3) is 0 Å². The third-order valence-electron chi connectivity index (χ3n) is 2.00. The molecule has 1 aromatic rings. The maximum Gasteiger partial charge on any atom is 0.216 e. The van der Waals surface area contributed by atoms with Crippen molar-refractivity contribution in [2.75, 3.05) is 6.54 Å². The van der Waals surface area contributed by atoms with Gasteiger partial charge in [0.1, 0.15) is 0 Å². The van der Waals surface area contributed by atoms with Crippen LogP contribution in [-0.4, -0.2) is 11.5 Å². The molecule has 0 spiro atoms. The Morgan fingerprint density at radius 2 is 2.25 bits per heavy atom. The van der Waals surface area contributed by atoms with Crippen molar-refractivity contribution in [1.82, 2.24) is 4.98 Å². The first-order valence-electron chi connectivity index (χ1n) is 3.89. The summed E-state index contributed by atoms with van der Waals surface area (Å²) >= 11 is 0. The van der Waals surface area contributed by atoms with Crippen molar-refractivity contribution in [2.24, 2.45) is 5.73 Å². The SMILES string of the molecule is CC(C)(CN)c1cccnc1F. The number of aromatic nitrogens is 1. The van der Waals surface area contributed by atoms with Gasteiger partial charge in [0, 0.05) is 23.7 Å². The van der Waals surface area contributed by atoms with E-state index in [-0.39, 0.29) is 5.41 Å². The summed E-state index contributed by atoms with van der Waals surface area (Å²) in [6, 6.07) is 3.44. The predicted molar refractivity (Wildman–Crippen MR) is 46.3 cm³/mol. The van der Waals surface area contributed by atoms with Gasteiger partial charge in [-0.3, -0.25) is 0 Å². The van der Waals surface area contributed by atoms with E-state index in [4.69, 9.17) is 5.73 Å². The van der Waals surface area contributed by atoms with Crippen LogP contribution >= 0.6 is 0 Å². The Kier molecular flexibility index (Phi) is 2.43. The van der Waals surface area contributed by atoms with Crippen LogP contribution in [0.1, 0.15) is 19.4 Å². The molecule has 0 aromatic carbocycles. The highest BCUT2D eigenvalue weighted by Gasteiger charge is 2.22. The van der Waals surface area contributed by atoms with E-state index in [1.54, 1.807) is 12.1 Å². The van der Waals surface area contributed by atoms with Crippen molar-refractivity contribution in [3.05, 3.63) is 29.8 Å². The average Bonchev–Trinajstić information content (AvgIpc) is 2.05. The fourth-order valence-electron chi connectivity index (χ4n) is 1.00. The van der Waals surface area contributed by atoms with Gasteiger partial charge in [0.25, 0.3) is 0 Å². The van der Waals surface area contributed by atoms with Crippen molar-refractivity contribution >= 4 is 0 Å². The Hall–Kier alpha value is -0.960. The molecule has 0 aliphatic rings. The average molecular weight is 168 g/mol. The Labute approximate surface area is 71.6 Å². The molecular formula is C9H13FN2. The third kappa shape index (κ3) is 1.61. The fraction of sp³-hybridized carbons (Fsp3) is 0.444. The molecule has 12 heavy (non-hydrogen) atoms. The number of halogens is 1. The largest absolute Gasteiger partial charge is 0.330 e. The Balaban J connectivity index is 3.10. The van der Waals surface area contributed by atoms with E-state index >= 15 is 0 Å². The van der Waals surface area contributed by atoms with E-state index in [9.17, 15) is 4.39 Å². The van der Waals surface area contributed by atoms with Crippen molar-refractivity contribution in [1.29, 1.82) is 0 Å². The predicted octanol–water partition coefficient (Wildman–Crippen LogP) is 1.46. The lowest BCUT2D eigenvalue weighted by molar-refractivity contribution is 0.475. The molecule has 3 heteroatoms. The number of nitrogens with two attached hydrogens (primary N) is 1. The van der Waals surface area contributed by atoms with Crippen LogP contribution in [0.2, 0.25) is 0 Å². The number of hydrogen-bond acceptors (Lipinski definition) is 2. The molecular weight excluding hydrogens is 155 g/mol. The summed E-state index contributed by atoms with van der Waals surface area (Å²) in [5, 5.41) is 0. The first kappa shape index (κ1) is 9.13. The maximum atomic E-state index is 13.1. The monoisotopic (exact) mass is 168 g/mol. The van der Waals surface area contributed by atoms with Crippen LogP contribution in [0, 0.1) is 5.95 Å². The van der Waals surface area contributed by atoms with Crippen LogP contribution in [0.4, 0.5) is 4.39 Å². The summed E-state index contributed by atoms with van der Waals surface area (Å²) in [5.41, 5.74) is 5.75. The fourth-order valence-corrected chi connectivity index (χ4v) is 1.00. The minimum atomic E-state index is -0.423. The molecule has 0 atom stereocenters. The molecule has 1 aromatic heterocycles. The lowest BCUT2D eigenvalue weighted by Gasteiger charge is -2.22. The number of hydrogen-bond donors (Lipinski definition) is 1. The second kappa shape index (κ2) is 3.19. The molecule has 66 valence electrons. The van der Waals surface area contributed by atoms with Gasteiger partial charge in [-0.05, 0) is 6.07 Å². The lowest BCUT2D eigenvalue weighted by atomic mass is 9.86. The topological polar surface area (TPSA) is 38.9 Å². The normalized spacial score (nSPS) is 11.7. The summed E-state index contributed by atoms with van der Waals surface area (Å²) in [7, 11) is 0. The molecule has 0 aliphatic carbocycles. The van der Waals surface area contributed by atoms with Gasteiger partial charge >= 0.3 is 0 Å². The second-order valence-corrected chi connectivity index (χ2v) is 3.43. The zero-order valence-electron chi connectivity index (χ0n) is 7.34. The van der Waals surface area contributed by atoms with Gasteiger partial charge in [-0.15, -0.1) is 0 Å². The molecule has 0 unspecified atom stereocenters. The van der Waals surface area contributed by atoms with E-state index in [0.29, 0.717) is 12.1 Å². The molecule has 0 saturated carbocycles. The zero-order valence-corrected chi connectivity index (χ0v) is 7.34. The molecule has 0 fully saturated rings. The molecule has 0 saturated heterocycles. The molecule has 0 amide bonds. The Morgan fingerprint density at radius 1 is 1.58 bits per heavy atom. The van der Waals surface area contributed by atoms with Crippen molar-refractivity contribution in [3.63, 3.8) is 0 Å². The van der Waals surface area contributed by atoms with Gasteiger partial charge in [-0.1, -0.05) is 19.9 Å². The zero-order chi connectivity index (χ0) is 9.19. The lowest BCUT2D eigenvalue weighted by Crippen LogP contribution is -2.29.